The molecule has 22 heavy (non-hydrogen) atoms. The maximum absolute atomic E-state index is 11.6. The Bertz CT molecular complexity index is 429. The normalized spacial score (nSPS) is 38.5. The SMILES string of the molecule is CC(C)(C)[Si](C)(C)O[C@H]1CC2(SCCCS2)[C@@]2(O)CCC[C@@H]12. The molecule has 1 heterocycles. The molecule has 0 aromatic heterocycles. The monoisotopic (exact) mass is 360 g/mol. The van der Waals surface area contributed by atoms with Crippen molar-refractivity contribution < 1.29 is 9.53 Å². The first-order valence-corrected chi connectivity index (χ1v) is 13.7. The lowest BCUT2D eigenvalue weighted by molar-refractivity contribution is -0.00321. The van der Waals surface area contributed by atoms with E-state index < -0.39 is 13.9 Å². The van der Waals surface area contributed by atoms with Gasteiger partial charge in [0, 0.05) is 5.92 Å². The van der Waals surface area contributed by atoms with E-state index in [2.05, 4.69) is 33.9 Å². The number of hydrogen-bond donors (Lipinski definition) is 1. The third kappa shape index (κ3) is 2.63. The smallest absolute Gasteiger partial charge is 0.192 e. The zero-order valence-electron chi connectivity index (χ0n) is 14.8. The van der Waals surface area contributed by atoms with Crippen LogP contribution < -0.4 is 0 Å². The van der Waals surface area contributed by atoms with Crippen LogP contribution in [0.4, 0.5) is 0 Å². The van der Waals surface area contributed by atoms with E-state index in [0.717, 1.165) is 19.3 Å². The van der Waals surface area contributed by atoms with Crippen LogP contribution in [0.3, 0.4) is 0 Å². The van der Waals surface area contributed by atoms with Gasteiger partial charge in [-0.2, -0.15) is 0 Å². The van der Waals surface area contributed by atoms with E-state index in [9.17, 15) is 5.11 Å². The summed E-state index contributed by atoms with van der Waals surface area (Å²) in [4.78, 5) is 0. The predicted molar refractivity (Wildman–Crippen MR) is 101 cm³/mol. The van der Waals surface area contributed by atoms with Gasteiger partial charge in [0.1, 0.15) is 0 Å². The van der Waals surface area contributed by atoms with Crippen molar-refractivity contribution in [3.63, 3.8) is 0 Å². The summed E-state index contributed by atoms with van der Waals surface area (Å²) in [5.74, 6) is 2.77. The number of thioether (sulfide) groups is 2. The van der Waals surface area contributed by atoms with Gasteiger partial charge in [0.15, 0.2) is 8.32 Å². The maximum atomic E-state index is 11.6. The molecular weight excluding hydrogens is 328 g/mol. The van der Waals surface area contributed by atoms with Gasteiger partial charge < -0.3 is 9.53 Å². The Hall–Kier alpha value is 0.837. The molecule has 2 nitrogen and oxygen atoms in total. The van der Waals surface area contributed by atoms with Gasteiger partial charge in [-0.25, -0.2) is 0 Å². The van der Waals surface area contributed by atoms with Crippen molar-refractivity contribution in [2.24, 2.45) is 5.92 Å². The topological polar surface area (TPSA) is 29.5 Å². The lowest BCUT2D eigenvalue weighted by Crippen LogP contribution is -2.49. The first-order valence-electron chi connectivity index (χ1n) is 8.79. The van der Waals surface area contributed by atoms with Crippen molar-refractivity contribution in [2.75, 3.05) is 11.5 Å². The lowest BCUT2D eigenvalue weighted by atomic mass is 9.93. The Labute approximate surface area is 145 Å². The summed E-state index contributed by atoms with van der Waals surface area (Å²) in [6.07, 6.45) is 5.91. The molecule has 0 aromatic rings. The van der Waals surface area contributed by atoms with Gasteiger partial charge in [0.05, 0.1) is 15.8 Å². The average molecular weight is 361 g/mol. The molecule has 1 saturated heterocycles. The molecule has 0 bridgehead atoms. The van der Waals surface area contributed by atoms with Gasteiger partial charge in [0.25, 0.3) is 0 Å². The zero-order valence-corrected chi connectivity index (χ0v) is 17.4. The summed E-state index contributed by atoms with van der Waals surface area (Å²) in [6, 6.07) is 0. The summed E-state index contributed by atoms with van der Waals surface area (Å²) < 4.78 is 6.84. The van der Waals surface area contributed by atoms with E-state index in [4.69, 9.17) is 4.43 Å². The fourth-order valence-electron chi connectivity index (χ4n) is 4.19. The number of fused-ring (bicyclic) bond motifs is 2. The molecule has 1 N–H and O–H groups in total. The van der Waals surface area contributed by atoms with E-state index in [0.29, 0.717) is 5.92 Å². The molecule has 128 valence electrons. The molecule has 1 spiro atoms. The second kappa shape index (κ2) is 5.69. The van der Waals surface area contributed by atoms with Gasteiger partial charge in [-0.05, 0) is 55.3 Å². The molecule has 2 saturated carbocycles. The Morgan fingerprint density at radius 1 is 1.14 bits per heavy atom. The van der Waals surface area contributed by atoms with E-state index in [-0.39, 0.29) is 15.2 Å². The van der Waals surface area contributed by atoms with Gasteiger partial charge in [-0.15, -0.1) is 23.5 Å². The molecule has 0 radical (unpaired) electrons. The Kier molecular flexibility index (Phi) is 4.56. The van der Waals surface area contributed by atoms with Crippen molar-refractivity contribution in [3.8, 4) is 0 Å². The Morgan fingerprint density at radius 2 is 1.77 bits per heavy atom. The van der Waals surface area contributed by atoms with Crippen molar-refractivity contribution in [1.82, 2.24) is 0 Å². The van der Waals surface area contributed by atoms with Gasteiger partial charge in [0.2, 0.25) is 0 Å². The molecule has 5 heteroatoms. The second-order valence-electron chi connectivity index (χ2n) is 8.85. The first-order chi connectivity index (χ1) is 10.1. The van der Waals surface area contributed by atoms with Crippen LogP contribution in [0.25, 0.3) is 0 Å². The second-order valence-corrected chi connectivity index (χ2v) is 16.6. The van der Waals surface area contributed by atoms with Gasteiger partial charge in [-0.1, -0.05) is 27.2 Å². The standard InChI is InChI=1S/C17H32O2S2Si/c1-15(2,3)22(4,5)19-14-12-17(20-10-7-11-21-17)16(18)9-6-8-13(14)16/h13-14,18H,6-12H2,1-5H3/t13-,14-,16+/m0/s1. The highest BCUT2D eigenvalue weighted by Gasteiger charge is 2.67. The van der Waals surface area contributed by atoms with Crippen LogP contribution in [0, 0.1) is 5.92 Å². The fourth-order valence-corrected chi connectivity index (χ4v) is 9.37. The molecule has 1 aliphatic heterocycles. The summed E-state index contributed by atoms with van der Waals surface area (Å²) in [5, 5.41) is 11.8. The third-order valence-corrected chi connectivity index (χ3v) is 14.6. The van der Waals surface area contributed by atoms with Crippen LogP contribution in [-0.2, 0) is 4.43 Å². The summed E-state index contributed by atoms with van der Waals surface area (Å²) in [6.45, 7) is 11.7. The minimum Gasteiger partial charge on any atom is -0.413 e. The maximum Gasteiger partial charge on any atom is 0.192 e. The lowest BCUT2D eigenvalue weighted by Gasteiger charge is -2.43. The van der Waals surface area contributed by atoms with Crippen LogP contribution in [0.2, 0.25) is 18.1 Å². The highest BCUT2D eigenvalue weighted by Crippen LogP contribution is 2.65. The number of aliphatic hydroxyl groups is 1. The van der Waals surface area contributed by atoms with Crippen LogP contribution in [0.1, 0.15) is 52.9 Å². The fraction of sp³-hybridized carbons (Fsp3) is 1.00. The van der Waals surface area contributed by atoms with E-state index >= 15 is 0 Å². The van der Waals surface area contributed by atoms with Crippen molar-refractivity contribution in [2.45, 2.75) is 86.8 Å². The van der Waals surface area contributed by atoms with E-state index in [1.54, 1.807) is 0 Å². The summed E-state index contributed by atoms with van der Waals surface area (Å²) in [7, 11) is -1.77. The molecule has 2 aliphatic carbocycles. The van der Waals surface area contributed by atoms with Crippen molar-refractivity contribution in [3.05, 3.63) is 0 Å². The average Bonchev–Trinajstić information content (AvgIpc) is 2.88. The van der Waals surface area contributed by atoms with Crippen LogP contribution in [0.5, 0.6) is 0 Å². The summed E-state index contributed by atoms with van der Waals surface area (Å²) >= 11 is 4.07. The van der Waals surface area contributed by atoms with Gasteiger partial charge in [-0.3, -0.25) is 0 Å². The van der Waals surface area contributed by atoms with E-state index in [1.165, 1.54) is 24.3 Å². The van der Waals surface area contributed by atoms with Crippen LogP contribution in [0.15, 0.2) is 0 Å². The molecule has 0 aromatic carbocycles. The van der Waals surface area contributed by atoms with Crippen molar-refractivity contribution in [1.29, 1.82) is 0 Å². The van der Waals surface area contributed by atoms with Crippen LogP contribution in [-0.4, -0.2) is 40.7 Å². The third-order valence-electron chi connectivity index (χ3n) is 6.48. The largest absolute Gasteiger partial charge is 0.413 e. The Balaban J connectivity index is 1.85. The molecule has 3 fully saturated rings. The highest BCUT2D eigenvalue weighted by atomic mass is 32.2. The quantitative estimate of drug-likeness (QED) is 0.711. The first kappa shape index (κ1) is 17.7. The molecule has 3 aliphatic rings. The number of hydrogen-bond acceptors (Lipinski definition) is 4. The summed E-state index contributed by atoms with van der Waals surface area (Å²) in [5.41, 5.74) is -0.490. The van der Waals surface area contributed by atoms with Gasteiger partial charge >= 0.3 is 0 Å². The minimum atomic E-state index is -1.77. The van der Waals surface area contributed by atoms with Crippen LogP contribution >= 0.6 is 23.5 Å². The minimum absolute atomic E-state index is 0.0133. The zero-order chi connectivity index (χ0) is 16.2. The highest BCUT2D eigenvalue weighted by molar-refractivity contribution is 8.18. The molecular formula is C17H32O2S2Si. The molecule has 3 rings (SSSR count). The molecule has 0 unspecified atom stereocenters. The van der Waals surface area contributed by atoms with Crippen molar-refractivity contribution >= 4 is 31.8 Å². The molecule has 3 atom stereocenters. The predicted octanol–water partition coefficient (Wildman–Crippen LogP) is 4.88. The van der Waals surface area contributed by atoms with E-state index in [1.807, 2.05) is 23.5 Å². The number of rotatable bonds is 2. The molecule has 0 amide bonds. The Morgan fingerprint density at radius 3 is 2.36 bits per heavy atom.